The molecule has 2 fully saturated rings. The van der Waals surface area contributed by atoms with E-state index in [1.807, 2.05) is 0 Å². The molecule has 56 heavy (non-hydrogen) atoms. The molecule has 0 spiro atoms. The van der Waals surface area contributed by atoms with Crippen LogP contribution in [-0.4, -0.2) is 131 Å². The lowest BCUT2D eigenvalue weighted by Crippen LogP contribution is -2.58. The van der Waals surface area contributed by atoms with Gasteiger partial charge in [-0.2, -0.15) is 0 Å². The minimum absolute atomic E-state index is 0.144. The number of piperazine rings is 2. The topological polar surface area (TPSA) is 210 Å². The van der Waals surface area contributed by atoms with E-state index in [-0.39, 0.29) is 39.3 Å². The Labute approximate surface area is 324 Å². The summed E-state index contributed by atoms with van der Waals surface area (Å²) >= 11 is 0. The molecule has 18 heteroatoms. The zero-order valence-corrected chi connectivity index (χ0v) is 32.3. The van der Waals surface area contributed by atoms with E-state index >= 15 is 0 Å². The van der Waals surface area contributed by atoms with Crippen LogP contribution in [0.2, 0.25) is 0 Å². The molecule has 0 saturated carbocycles. The summed E-state index contributed by atoms with van der Waals surface area (Å²) in [5, 5.41) is 4.94. The summed E-state index contributed by atoms with van der Waals surface area (Å²) < 4.78 is 21.2. The summed E-state index contributed by atoms with van der Waals surface area (Å²) in [7, 11) is 0. The maximum Gasteiger partial charge on any atom is 0.408 e. The Morgan fingerprint density at radius 3 is 1.14 bits per heavy atom. The van der Waals surface area contributed by atoms with Gasteiger partial charge in [-0.3, -0.25) is 29.0 Å². The molecule has 0 bridgehead atoms. The molecule has 302 valence electrons. The van der Waals surface area contributed by atoms with Gasteiger partial charge in [0.1, 0.15) is 11.2 Å². The Hall–Kier alpha value is -5.88. The molecular weight excluding hydrogens is 732 g/mol. The van der Waals surface area contributed by atoms with Gasteiger partial charge in [0.25, 0.3) is 0 Å². The predicted molar refractivity (Wildman–Crippen MR) is 196 cm³/mol. The fraction of sp³-hybridized carbons (Fsp3) is 0.474. The third-order valence-electron chi connectivity index (χ3n) is 8.10. The number of nitrogens with one attached hydrogen (secondary N) is 2. The number of benzene rings is 2. The number of imide groups is 2. The number of rotatable bonds is 13. The largest absolute Gasteiger partial charge is 0.444 e. The third-order valence-corrected chi connectivity index (χ3v) is 8.10. The molecule has 0 aromatic heterocycles. The highest BCUT2D eigenvalue weighted by atomic mass is 16.6. The lowest BCUT2D eigenvalue weighted by Gasteiger charge is -2.35. The highest BCUT2D eigenvalue weighted by Crippen LogP contribution is 2.19. The van der Waals surface area contributed by atoms with Crippen molar-refractivity contribution in [1.82, 2.24) is 30.2 Å². The van der Waals surface area contributed by atoms with E-state index in [2.05, 4.69) is 10.6 Å². The summed E-state index contributed by atoms with van der Waals surface area (Å²) in [4.78, 5) is 108. The van der Waals surface area contributed by atoms with E-state index in [1.165, 1.54) is 9.80 Å². The Morgan fingerprint density at radius 2 is 0.857 bits per heavy atom. The van der Waals surface area contributed by atoms with Crippen molar-refractivity contribution in [3.8, 4) is 0 Å². The summed E-state index contributed by atoms with van der Waals surface area (Å²) in [5.41, 5.74) is -0.869. The summed E-state index contributed by atoms with van der Waals surface area (Å²) in [6.45, 7) is 8.09. The molecule has 2 atom stereocenters. The van der Waals surface area contributed by atoms with Gasteiger partial charge in [-0.15, -0.1) is 0 Å². The molecule has 6 amide bonds. The summed E-state index contributed by atoms with van der Waals surface area (Å²) in [5.74, 6) is -4.39. The standard InChI is InChI=1S/C38H48N6O12/c1-37(2,3)55-35(51)39-31(25-13-9-7-10-14-25)33(49)53-23-43-27(45)19-41(20-28(43)46)17-18-42-21-29(47)44(30(48)22-42)24-54-34(50)32(26-15-11-8-12-16-26)40-36(52)56-38(4,5)6/h7-16,31-32H,17-24H2,1-6H3,(H,39,51)(H,40,52). The number of hydrogen-bond acceptors (Lipinski definition) is 14. The third kappa shape index (κ3) is 12.9. The number of carbonyl (C=O) groups excluding carboxylic acids is 8. The van der Waals surface area contributed by atoms with Crippen LogP contribution >= 0.6 is 0 Å². The van der Waals surface area contributed by atoms with Crippen LogP contribution in [0, 0.1) is 0 Å². The van der Waals surface area contributed by atoms with Crippen LogP contribution in [0.1, 0.15) is 64.8 Å². The second-order valence-corrected chi connectivity index (χ2v) is 15.0. The summed E-state index contributed by atoms with van der Waals surface area (Å²) in [6.07, 6.45) is -1.72. The van der Waals surface area contributed by atoms with Crippen LogP contribution in [0.5, 0.6) is 0 Å². The van der Waals surface area contributed by atoms with Gasteiger partial charge in [0.2, 0.25) is 23.6 Å². The molecule has 2 aliphatic rings. The predicted octanol–water partition coefficient (Wildman–Crippen LogP) is 1.86. The van der Waals surface area contributed by atoms with Gasteiger partial charge in [-0.1, -0.05) is 60.7 Å². The first-order chi connectivity index (χ1) is 26.3. The van der Waals surface area contributed by atoms with Gasteiger partial charge in [0.15, 0.2) is 25.5 Å². The highest BCUT2D eigenvalue weighted by Gasteiger charge is 2.36. The molecule has 2 N–H and O–H groups in total. The van der Waals surface area contributed by atoms with Crippen molar-refractivity contribution in [2.75, 3.05) is 52.7 Å². The molecule has 4 rings (SSSR count). The first kappa shape index (κ1) is 42.9. The second-order valence-electron chi connectivity index (χ2n) is 15.0. The van der Waals surface area contributed by atoms with Crippen molar-refractivity contribution in [1.29, 1.82) is 0 Å². The Morgan fingerprint density at radius 1 is 0.554 bits per heavy atom. The van der Waals surface area contributed by atoms with Crippen LogP contribution < -0.4 is 10.6 Å². The van der Waals surface area contributed by atoms with E-state index < -0.39 is 84.5 Å². The van der Waals surface area contributed by atoms with E-state index in [0.29, 0.717) is 11.1 Å². The highest BCUT2D eigenvalue weighted by molar-refractivity contribution is 6.00. The van der Waals surface area contributed by atoms with Gasteiger partial charge in [0, 0.05) is 13.1 Å². The van der Waals surface area contributed by atoms with Crippen LogP contribution in [0.15, 0.2) is 60.7 Å². The molecule has 0 aliphatic carbocycles. The Balaban J connectivity index is 1.25. The number of amides is 6. The van der Waals surface area contributed by atoms with Crippen molar-refractivity contribution in [2.24, 2.45) is 0 Å². The maximum absolute atomic E-state index is 13.1. The van der Waals surface area contributed by atoms with Gasteiger partial charge < -0.3 is 29.6 Å². The monoisotopic (exact) mass is 780 g/mol. The zero-order chi connectivity index (χ0) is 41.2. The average molecular weight is 781 g/mol. The van der Waals surface area contributed by atoms with Gasteiger partial charge in [0.05, 0.1) is 26.2 Å². The summed E-state index contributed by atoms with van der Waals surface area (Å²) in [6, 6.07) is 14.0. The van der Waals surface area contributed by atoms with Crippen molar-refractivity contribution < 1.29 is 57.3 Å². The number of alkyl carbamates (subject to hydrolysis) is 2. The van der Waals surface area contributed by atoms with Gasteiger partial charge >= 0.3 is 24.1 Å². The van der Waals surface area contributed by atoms with E-state index in [9.17, 15) is 38.4 Å². The van der Waals surface area contributed by atoms with Crippen molar-refractivity contribution >= 4 is 47.8 Å². The quantitative estimate of drug-likeness (QED) is 0.169. The molecule has 18 nitrogen and oxygen atoms in total. The second kappa shape index (κ2) is 18.6. The molecule has 2 heterocycles. The zero-order valence-electron chi connectivity index (χ0n) is 32.3. The lowest BCUT2D eigenvalue weighted by molar-refractivity contribution is -0.168. The Bertz CT molecular complexity index is 1610. The Kier molecular flexibility index (Phi) is 14.3. The molecule has 2 unspecified atom stereocenters. The first-order valence-corrected chi connectivity index (χ1v) is 17.8. The number of esters is 2. The molecule has 2 aromatic rings. The number of hydrogen-bond donors (Lipinski definition) is 2. The molecular formula is C38H48N6O12. The molecule has 2 aromatic carbocycles. The number of ether oxygens (including phenoxy) is 4. The molecule has 2 saturated heterocycles. The maximum atomic E-state index is 13.1. The minimum Gasteiger partial charge on any atom is -0.444 e. The number of carbonyl (C=O) groups is 8. The van der Waals surface area contributed by atoms with Crippen molar-refractivity contribution in [2.45, 2.75) is 64.8 Å². The van der Waals surface area contributed by atoms with Crippen LogP contribution in [0.4, 0.5) is 9.59 Å². The normalized spacial score (nSPS) is 16.8. The molecule has 0 radical (unpaired) electrons. The fourth-order valence-electron chi connectivity index (χ4n) is 5.51. The van der Waals surface area contributed by atoms with Crippen molar-refractivity contribution in [3.05, 3.63) is 71.8 Å². The van der Waals surface area contributed by atoms with Crippen LogP contribution in [-0.2, 0) is 47.7 Å². The number of nitrogens with zero attached hydrogens (tertiary/aromatic N) is 4. The lowest BCUT2D eigenvalue weighted by atomic mass is 10.1. The van der Waals surface area contributed by atoms with E-state index in [1.54, 1.807) is 102 Å². The van der Waals surface area contributed by atoms with Crippen LogP contribution in [0.3, 0.4) is 0 Å². The van der Waals surface area contributed by atoms with E-state index in [0.717, 1.165) is 9.80 Å². The van der Waals surface area contributed by atoms with Crippen molar-refractivity contribution in [3.63, 3.8) is 0 Å². The average Bonchev–Trinajstić information content (AvgIpc) is 3.10. The van der Waals surface area contributed by atoms with E-state index in [4.69, 9.17) is 18.9 Å². The molecule has 2 aliphatic heterocycles. The minimum atomic E-state index is -1.28. The van der Waals surface area contributed by atoms with Gasteiger partial charge in [-0.25, -0.2) is 29.0 Å². The fourth-order valence-corrected chi connectivity index (χ4v) is 5.51. The van der Waals surface area contributed by atoms with Gasteiger partial charge in [-0.05, 0) is 52.7 Å². The SMILES string of the molecule is CC(C)(C)OC(=O)NC(C(=O)OCN1C(=O)CN(CCN2CC(=O)N(COC(=O)C(NC(=O)OC(C)(C)C)c3ccccc3)C(=O)C2)CC1=O)c1ccccc1. The smallest absolute Gasteiger partial charge is 0.408 e. The van der Waals surface area contributed by atoms with Crippen LogP contribution in [0.25, 0.3) is 0 Å². The first-order valence-electron chi connectivity index (χ1n) is 17.8.